The van der Waals surface area contributed by atoms with Gasteiger partial charge in [-0.25, -0.2) is 26.3 Å². The van der Waals surface area contributed by atoms with Gasteiger partial charge in [-0.1, -0.05) is 6.07 Å². The average molecular weight is 291 g/mol. The SMILES string of the molecule is NCc1cc(-c2c(F)c(F)c(F)c(F)c2F)ccc1F. The number of halogens is 6. The second-order valence-electron chi connectivity index (χ2n) is 3.96. The molecule has 0 aliphatic heterocycles. The Balaban J connectivity index is 2.76. The third-order valence-corrected chi connectivity index (χ3v) is 2.76. The first-order valence-corrected chi connectivity index (χ1v) is 5.38. The van der Waals surface area contributed by atoms with Gasteiger partial charge in [0.2, 0.25) is 5.82 Å². The summed E-state index contributed by atoms with van der Waals surface area (Å²) in [6.07, 6.45) is 0. The molecule has 0 saturated carbocycles. The summed E-state index contributed by atoms with van der Waals surface area (Å²) in [4.78, 5) is 0. The van der Waals surface area contributed by atoms with E-state index in [1.165, 1.54) is 0 Å². The fourth-order valence-corrected chi connectivity index (χ4v) is 1.75. The molecule has 2 rings (SSSR count). The predicted octanol–water partition coefficient (Wildman–Crippen LogP) is 3.65. The maximum Gasteiger partial charge on any atom is 0.200 e. The molecule has 1 nitrogen and oxygen atoms in total. The smallest absolute Gasteiger partial charge is 0.200 e. The van der Waals surface area contributed by atoms with Crippen LogP contribution in [0.4, 0.5) is 26.3 Å². The summed E-state index contributed by atoms with van der Waals surface area (Å²) >= 11 is 0. The first-order chi connectivity index (χ1) is 9.38. The van der Waals surface area contributed by atoms with Gasteiger partial charge in [0.05, 0.1) is 5.56 Å². The molecule has 0 radical (unpaired) electrons. The van der Waals surface area contributed by atoms with Crippen molar-refractivity contribution in [3.8, 4) is 11.1 Å². The summed E-state index contributed by atoms with van der Waals surface area (Å²) in [7, 11) is 0. The van der Waals surface area contributed by atoms with Crippen LogP contribution in [-0.4, -0.2) is 0 Å². The number of benzene rings is 2. The third-order valence-electron chi connectivity index (χ3n) is 2.76. The van der Waals surface area contributed by atoms with E-state index in [2.05, 4.69) is 0 Å². The van der Waals surface area contributed by atoms with Crippen LogP contribution in [0.2, 0.25) is 0 Å². The van der Waals surface area contributed by atoms with Crippen molar-refractivity contribution in [2.75, 3.05) is 0 Å². The number of hydrogen-bond acceptors (Lipinski definition) is 1. The van der Waals surface area contributed by atoms with E-state index >= 15 is 0 Å². The van der Waals surface area contributed by atoms with Crippen LogP contribution < -0.4 is 5.73 Å². The molecule has 0 atom stereocenters. The maximum atomic E-state index is 13.6. The molecule has 0 amide bonds. The lowest BCUT2D eigenvalue weighted by molar-refractivity contribution is 0.381. The molecule has 0 bridgehead atoms. The molecule has 0 aliphatic carbocycles. The van der Waals surface area contributed by atoms with Crippen molar-refractivity contribution < 1.29 is 26.3 Å². The molecule has 0 fully saturated rings. The van der Waals surface area contributed by atoms with Crippen LogP contribution in [-0.2, 0) is 6.54 Å². The zero-order valence-electron chi connectivity index (χ0n) is 9.78. The molecule has 0 aliphatic rings. The van der Waals surface area contributed by atoms with Crippen LogP contribution in [0.15, 0.2) is 18.2 Å². The van der Waals surface area contributed by atoms with Crippen molar-refractivity contribution in [3.63, 3.8) is 0 Å². The summed E-state index contributed by atoms with van der Waals surface area (Å²) in [5, 5.41) is 0. The van der Waals surface area contributed by atoms with Gasteiger partial charge in [-0.05, 0) is 17.7 Å². The van der Waals surface area contributed by atoms with E-state index in [0.717, 1.165) is 18.2 Å². The van der Waals surface area contributed by atoms with Crippen molar-refractivity contribution in [1.82, 2.24) is 0 Å². The number of nitrogens with two attached hydrogens (primary N) is 1. The lowest BCUT2D eigenvalue weighted by atomic mass is 10.0. The summed E-state index contributed by atoms with van der Waals surface area (Å²) < 4.78 is 79.5. The summed E-state index contributed by atoms with van der Waals surface area (Å²) in [6, 6.07) is 2.69. The second-order valence-corrected chi connectivity index (χ2v) is 3.96. The normalized spacial score (nSPS) is 10.9. The zero-order chi connectivity index (χ0) is 15.0. The van der Waals surface area contributed by atoms with Crippen molar-refractivity contribution in [2.24, 2.45) is 5.73 Å². The van der Waals surface area contributed by atoms with E-state index in [-0.39, 0.29) is 17.7 Å². The largest absolute Gasteiger partial charge is 0.326 e. The molecule has 2 aromatic carbocycles. The van der Waals surface area contributed by atoms with Gasteiger partial charge in [-0.3, -0.25) is 0 Å². The van der Waals surface area contributed by atoms with Crippen LogP contribution in [0.25, 0.3) is 11.1 Å². The van der Waals surface area contributed by atoms with Gasteiger partial charge < -0.3 is 5.73 Å². The Morgan fingerprint density at radius 1 is 0.750 bits per heavy atom. The third kappa shape index (κ3) is 2.14. The minimum Gasteiger partial charge on any atom is -0.326 e. The predicted molar refractivity (Wildman–Crippen MR) is 59.5 cm³/mol. The van der Waals surface area contributed by atoms with E-state index in [0.29, 0.717) is 0 Å². The molecule has 106 valence electrons. The van der Waals surface area contributed by atoms with E-state index < -0.39 is 40.5 Å². The second kappa shape index (κ2) is 5.16. The monoisotopic (exact) mass is 291 g/mol. The highest BCUT2D eigenvalue weighted by Crippen LogP contribution is 2.32. The summed E-state index contributed by atoms with van der Waals surface area (Å²) in [6.45, 7) is -0.283. The first kappa shape index (κ1) is 14.4. The highest BCUT2D eigenvalue weighted by molar-refractivity contribution is 5.66. The molecular formula is C13H7F6N. The summed E-state index contributed by atoms with van der Waals surface area (Å²) in [5.74, 6) is -11.0. The van der Waals surface area contributed by atoms with Crippen LogP contribution in [0.1, 0.15) is 5.56 Å². The van der Waals surface area contributed by atoms with Crippen molar-refractivity contribution in [1.29, 1.82) is 0 Å². The molecule has 0 heterocycles. The van der Waals surface area contributed by atoms with Gasteiger partial charge in [-0.2, -0.15) is 0 Å². The topological polar surface area (TPSA) is 26.0 Å². The minimum atomic E-state index is -2.25. The van der Waals surface area contributed by atoms with Gasteiger partial charge in [-0.15, -0.1) is 0 Å². The molecule has 0 unspecified atom stereocenters. The van der Waals surface area contributed by atoms with Crippen LogP contribution in [0.5, 0.6) is 0 Å². The Bertz CT molecular complexity index is 654. The van der Waals surface area contributed by atoms with E-state index in [4.69, 9.17) is 5.73 Å². The van der Waals surface area contributed by atoms with Crippen molar-refractivity contribution in [3.05, 3.63) is 58.7 Å². The lowest BCUT2D eigenvalue weighted by Crippen LogP contribution is -2.05. The Morgan fingerprint density at radius 3 is 1.75 bits per heavy atom. The van der Waals surface area contributed by atoms with Crippen LogP contribution >= 0.6 is 0 Å². The molecule has 2 aromatic rings. The minimum absolute atomic E-state index is 0.105. The highest BCUT2D eigenvalue weighted by Gasteiger charge is 2.26. The molecule has 0 aromatic heterocycles. The molecular weight excluding hydrogens is 284 g/mol. The van der Waals surface area contributed by atoms with Gasteiger partial charge in [0.15, 0.2) is 23.3 Å². The van der Waals surface area contributed by atoms with Crippen LogP contribution in [0, 0.1) is 34.9 Å². The Labute approximate surface area is 109 Å². The lowest BCUT2D eigenvalue weighted by Gasteiger charge is -2.10. The Hall–Kier alpha value is -2.02. The van der Waals surface area contributed by atoms with Gasteiger partial charge in [0.1, 0.15) is 5.82 Å². The van der Waals surface area contributed by atoms with E-state index in [9.17, 15) is 26.3 Å². The Morgan fingerprint density at radius 2 is 1.25 bits per heavy atom. The van der Waals surface area contributed by atoms with Crippen LogP contribution in [0.3, 0.4) is 0 Å². The van der Waals surface area contributed by atoms with E-state index in [1.807, 2.05) is 0 Å². The van der Waals surface area contributed by atoms with E-state index in [1.54, 1.807) is 0 Å². The Kier molecular flexibility index (Phi) is 3.71. The number of hydrogen-bond donors (Lipinski definition) is 1. The molecule has 0 saturated heterocycles. The number of rotatable bonds is 2. The molecule has 2 N–H and O–H groups in total. The van der Waals surface area contributed by atoms with Crippen molar-refractivity contribution in [2.45, 2.75) is 6.54 Å². The fourth-order valence-electron chi connectivity index (χ4n) is 1.75. The molecule has 0 spiro atoms. The van der Waals surface area contributed by atoms with Gasteiger partial charge in [0.25, 0.3) is 0 Å². The fraction of sp³-hybridized carbons (Fsp3) is 0.0769. The molecule has 20 heavy (non-hydrogen) atoms. The standard InChI is InChI=1S/C13H7F6N/c14-7-2-1-5(3-6(7)4-20)8-9(15)11(17)13(19)12(18)10(8)16/h1-3H,4,20H2. The van der Waals surface area contributed by atoms with Gasteiger partial charge in [0, 0.05) is 12.1 Å². The molecule has 7 heteroatoms. The van der Waals surface area contributed by atoms with Crippen molar-refractivity contribution >= 4 is 0 Å². The average Bonchev–Trinajstić information content (AvgIpc) is 2.45. The highest BCUT2D eigenvalue weighted by atomic mass is 19.2. The summed E-state index contributed by atoms with van der Waals surface area (Å²) in [5.41, 5.74) is 3.65. The maximum absolute atomic E-state index is 13.6. The zero-order valence-corrected chi connectivity index (χ0v) is 9.78. The quantitative estimate of drug-likeness (QED) is 0.510. The first-order valence-electron chi connectivity index (χ1n) is 5.38. The van der Waals surface area contributed by atoms with Gasteiger partial charge >= 0.3 is 0 Å².